The number of nitrogens with one attached hydrogen (secondary N) is 2. The Balaban J connectivity index is 1.83. The van der Waals surface area contributed by atoms with Crippen molar-refractivity contribution < 1.29 is 18.4 Å². The summed E-state index contributed by atoms with van der Waals surface area (Å²) in [5.74, 6) is -3.50. The van der Waals surface area contributed by atoms with Crippen LogP contribution in [0.1, 0.15) is 20.7 Å². The van der Waals surface area contributed by atoms with Gasteiger partial charge in [-0.05, 0) is 48.2 Å². The fourth-order valence-corrected chi connectivity index (χ4v) is 2.60. The molecule has 5 nitrogen and oxygen atoms in total. The molecule has 0 atom stereocenters. The van der Waals surface area contributed by atoms with Crippen LogP contribution in [0.25, 0.3) is 0 Å². The van der Waals surface area contributed by atoms with Crippen molar-refractivity contribution in [1.29, 1.82) is 0 Å². The molecule has 0 unspecified atom stereocenters. The molecule has 9 heteroatoms. The predicted octanol–water partition coefficient (Wildman–Crippen LogP) is 3.21. The molecule has 25 heavy (non-hydrogen) atoms. The summed E-state index contributed by atoms with van der Waals surface area (Å²) in [4.78, 5) is 27.7. The molecule has 0 spiro atoms. The van der Waals surface area contributed by atoms with Gasteiger partial charge in [0.05, 0.1) is 5.56 Å². The summed E-state index contributed by atoms with van der Waals surface area (Å²) in [6, 6.07) is 9.28. The van der Waals surface area contributed by atoms with Crippen LogP contribution in [0, 0.1) is 0 Å². The molecule has 1 aromatic carbocycles. The minimum Gasteiger partial charge on any atom is -0.350 e. The number of hydrogen-bond acceptors (Lipinski definition) is 4. The van der Waals surface area contributed by atoms with E-state index in [4.69, 9.17) is 11.6 Å². The lowest BCUT2D eigenvalue weighted by Gasteiger charge is -2.09. The molecule has 1 heterocycles. The van der Waals surface area contributed by atoms with E-state index in [0.717, 1.165) is 0 Å². The first-order chi connectivity index (χ1) is 12.0. The summed E-state index contributed by atoms with van der Waals surface area (Å²) >= 11 is 5.96. The highest BCUT2D eigenvalue weighted by Gasteiger charge is 2.16. The number of amides is 2. The van der Waals surface area contributed by atoms with Gasteiger partial charge in [-0.3, -0.25) is 9.59 Å². The van der Waals surface area contributed by atoms with Gasteiger partial charge in [-0.1, -0.05) is 11.6 Å². The smallest absolute Gasteiger partial charge is 0.290 e. The first-order valence-electron chi connectivity index (χ1n) is 7.19. The predicted molar refractivity (Wildman–Crippen MR) is 92.2 cm³/mol. The highest BCUT2D eigenvalue weighted by Crippen LogP contribution is 2.26. The number of hydrogen-bond donors (Lipinski definition) is 2. The Labute approximate surface area is 152 Å². The van der Waals surface area contributed by atoms with Gasteiger partial charge in [0.15, 0.2) is 0 Å². The van der Waals surface area contributed by atoms with E-state index in [1.807, 2.05) is 0 Å². The topological polar surface area (TPSA) is 71.1 Å². The van der Waals surface area contributed by atoms with Gasteiger partial charge in [-0.2, -0.15) is 8.78 Å². The molecule has 0 bridgehead atoms. The number of pyridine rings is 1. The molecule has 0 fully saturated rings. The van der Waals surface area contributed by atoms with E-state index in [1.54, 1.807) is 24.3 Å². The lowest BCUT2D eigenvalue weighted by molar-refractivity contribution is 0.0925. The second-order valence-corrected chi connectivity index (χ2v) is 6.17. The molecule has 0 aliphatic rings. The third kappa shape index (κ3) is 5.99. The summed E-state index contributed by atoms with van der Waals surface area (Å²) in [6.07, 6.45) is 1.34. The summed E-state index contributed by atoms with van der Waals surface area (Å²) in [7, 11) is 0. The average molecular weight is 386 g/mol. The van der Waals surface area contributed by atoms with Crippen molar-refractivity contribution in [3.8, 4) is 0 Å². The zero-order valence-electron chi connectivity index (χ0n) is 12.8. The molecule has 1 aromatic heterocycles. The van der Waals surface area contributed by atoms with Crippen molar-refractivity contribution in [2.75, 3.05) is 13.1 Å². The van der Waals surface area contributed by atoms with E-state index in [-0.39, 0.29) is 41.3 Å². The fourth-order valence-electron chi connectivity index (χ4n) is 1.89. The minimum absolute atomic E-state index is 0.0415. The van der Waals surface area contributed by atoms with Gasteiger partial charge in [0.2, 0.25) is 0 Å². The van der Waals surface area contributed by atoms with Crippen LogP contribution in [0.4, 0.5) is 8.78 Å². The van der Waals surface area contributed by atoms with Crippen molar-refractivity contribution >= 4 is 35.2 Å². The number of carbonyl (C=O) groups excluding carboxylic acids is 2. The number of rotatable bonds is 7. The first-order valence-corrected chi connectivity index (χ1v) is 8.45. The van der Waals surface area contributed by atoms with Gasteiger partial charge in [-0.15, -0.1) is 0 Å². The Morgan fingerprint density at radius 3 is 2.36 bits per heavy atom. The monoisotopic (exact) mass is 385 g/mol. The SMILES string of the molecule is O=C(NCCNC(=O)c1cccnc1SC(F)F)c1ccc(Cl)cc1. The normalized spacial score (nSPS) is 10.6. The molecule has 2 amide bonds. The van der Waals surface area contributed by atoms with Crippen LogP contribution in [0.3, 0.4) is 0 Å². The molecular weight excluding hydrogens is 372 g/mol. The van der Waals surface area contributed by atoms with Crippen LogP contribution < -0.4 is 10.6 Å². The molecule has 2 N–H and O–H groups in total. The molecule has 0 aliphatic heterocycles. The van der Waals surface area contributed by atoms with Gasteiger partial charge >= 0.3 is 0 Å². The van der Waals surface area contributed by atoms with E-state index in [9.17, 15) is 18.4 Å². The summed E-state index contributed by atoms with van der Waals surface area (Å²) in [6.45, 7) is 0.330. The summed E-state index contributed by atoms with van der Waals surface area (Å²) < 4.78 is 25.0. The molecule has 0 radical (unpaired) electrons. The zero-order chi connectivity index (χ0) is 18.2. The molecule has 2 rings (SSSR count). The number of thioether (sulfide) groups is 1. The number of halogens is 3. The van der Waals surface area contributed by atoms with Crippen molar-refractivity contribution in [1.82, 2.24) is 15.6 Å². The van der Waals surface area contributed by atoms with Crippen molar-refractivity contribution in [3.05, 3.63) is 58.7 Å². The van der Waals surface area contributed by atoms with E-state index >= 15 is 0 Å². The standard InChI is InChI=1S/C16H14ClF2N3O2S/c17-11-5-3-10(4-6-11)13(23)20-8-9-21-14(24)12-2-1-7-22-15(12)25-16(18)19/h1-7,16H,8-9H2,(H,20,23)(H,21,24). The Morgan fingerprint density at radius 1 is 1.08 bits per heavy atom. The third-order valence-corrected chi connectivity index (χ3v) is 4.00. The van der Waals surface area contributed by atoms with Crippen molar-refractivity contribution in [2.24, 2.45) is 0 Å². The van der Waals surface area contributed by atoms with Crippen LogP contribution in [0.15, 0.2) is 47.6 Å². The van der Waals surface area contributed by atoms with Gasteiger partial charge in [-0.25, -0.2) is 4.98 Å². The molecule has 0 aliphatic carbocycles. The number of benzene rings is 1. The highest BCUT2D eigenvalue weighted by atomic mass is 35.5. The summed E-state index contributed by atoms with van der Waals surface area (Å²) in [5, 5.41) is 5.67. The van der Waals surface area contributed by atoms with Gasteiger partial charge in [0, 0.05) is 29.9 Å². The minimum atomic E-state index is -2.67. The van der Waals surface area contributed by atoms with E-state index < -0.39 is 11.7 Å². The van der Waals surface area contributed by atoms with Crippen molar-refractivity contribution in [2.45, 2.75) is 10.8 Å². The van der Waals surface area contributed by atoms with Gasteiger partial charge in [0.1, 0.15) is 5.03 Å². The number of alkyl halides is 2. The number of nitrogens with zero attached hydrogens (tertiary/aromatic N) is 1. The first kappa shape index (κ1) is 19.1. The van der Waals surface area contributed by atoms with Gasteiger partial charge in [0.25, 0.3) is 17.6 Å². The molecule has 2 aromatic rings. The quantitative estimate of drug-likeness (QED) is 0.567. The zero-order valence-corrected chi connectivity index (χ0v) is 14.4. The Hall–Kier alpha value is -2.19. The lowest BCUT2D eigenvalue weighted by atomic mass is 10.2. The maximum Gasteiger partial charge on any atom is 0.290 e. The largest absolute Gasteiger partial charge is 0.350 e. The maximum absolute atomic E-state index is 12.5. The number of carbonyl (C=O) groups is 2. The average Bonchev–Trinajstić information content (AvgIpc) is 2.59. The van der Waals surface area contributed by atoms with E-state index in [1.165, 1.54) is 18.3 Å². The Morgan fingerprint density at radius 2 is 1.72 bits per heavy atom. The van der Waals surface area contributed by atoms with Crippen molar-refractivity contribution in [3.63, 3.8) is 0 Å². The van der Waals surface area contributed by atoms with E-state index in [2.05, 4.69) is 15.6 Å². The summed E-state index contributed by atoms with van der Waals surface area (Å²) in [5.41, 5.74) is 0.510. The maximum atomic E-state index is 12.5. The van der Waals surface area contributed by atoms with Crippen LogP contribution in [-0.4, -0.2) is 35.6 Å². The Bertz CT molecular complexity index is 744. The fraction of sp³-hybridized carbons (Fsp3) is 0.188. The molecular formula is C16H14ClF2N3O2S. The number of aromatic nitrogens is 1. The van der Waals surface area contributed by atoms with Crippen LogP contribution in [0.2, 0.25) is 5.02 Å². The van der Waals surface area contributed by atoms with E-state index in [0.29, 0.717) is 10.6 Å². The second-order valence-electron chi connectivity index (χ2n) is 4.75. The lowest BCUT2D eigenvalue weighted by Crippen LogP contribution is -2.34. The third-order valence-electron chi connectivity index (χ3n) is 3.02. The van der Waals surface area contributed by atoms with Crippen LogP contribution >= 0.6 is 23.4 Å². The second kappa shape index (κ2) is 9.33. The van der Waals surface area contributed by atoms with Crippen LogP contribution in [-0.2, 0) is 0 Å². The highest BCUT2D eigenvalue weighted by molar-refractivity contribution is 7.99. The Kier molecular flexibility index (Phi) is 7.15. The molecule has 132 valence electrons. The van der Waals surface area contributed by atoms with Gasteiger partial charge < -0.3 is 10.6 Å². The van der Waals surface area contributed by atoms with Crippen LogP contribution in [0.5, 0.6) is 0 Å². The molecule has 0 saturated heterocycles. The molecule has 0 saturated carbocycles.